The summed E-state index contributed by atoms with van der Waals surface area (Å²) in [7, 11) is 0. The van der Waals surface area contributed by atoms with E-state index in [0.717, 1.165) is 75.5 Å². The van der Waals surface area contributed by atoms with Gasteiger partial charge in [0.2, 0.25) is 0 Å². The molecule has 12 aliphatic rings. The van der Waals surface area contributed by atoms with Crippen LogP contribution in [0.25, 0.3) is 0 Å². The quantitative estimate of drug-likeness (QED) is 0.300. The summed E-state index contributed by atoms with van der Waals surface area (Å²) in [5, 5.41) is 3.61. The van der Waals surface area contributed by atoms with E-state index in [1.54, 1.807) is 0 Å². The minimum atomic E-state index is -0.522. The molecule has 8 bridgehead atoms. The van der Waals surface area contributed by atoms with E-state index in [9.17, 15) is 14.4 Å². The minimum Gasteiger partial charge on any atom is -0.446 e. The van der Waals surface area contributed by atoms with Crippen LogP contribution in [0.2, 0.25) is 0 Å². The Labute approximate surface area is 375 Å². The molecule has 3 amide bonds. The molecular formula is C53H72N4O6. The van der Waals surface area contributed by atoms with Gasteiger partial charge in [-0.15, -0.1) is 0 Å². The third-order valence-corrected chi connectivity index (χ3v) is 18.2. The zero-order valence-corrected chi connectivity index (χ0v) is 38.2. The summed E-state index contributed by atoms with van der Waals surface area (Å²) >= 11 is 0. The smallest absolute Gasteiger partial charge is 0.410 e. The topological polar surface area (TPSA) is 101 Å². The van der Waals surface area contributed by atoms with Crippen LogP contribution >= 0.6 is 0 Å². The summed E-state index contributed by atoms with van der Waals surface area (Å²) in [6, 6.07) is 17.3. The molecule has 63 heavy (non-hydrogen) atoms. The Morgan fingerprint density at radius 2 is 0.984 bits per heavy atom. The van der Waals surface area contributed by atoms with Crippen LogP contribution in [-0.4, -0.2) is 90.1 Å². The summed E-state index contributed by atoms with van der Waals surface area (Å²) in [4.78, 5) is 45.0. The van der Waals surface area contributed by atoms with Crippen LogP contribution < -0.4 is 5.32 Å². The molecule has 2 aromatic rings. The van der Waals surface area contributed by atoms with Crippen LogP contribution in [0.4, 0.5) is 14.4 Å². The van der Waals surface area contributed by atoms with Gasteiger partial charge in [-0.1, -0.05) is 48.5 Å². The third kappa shape index (κ3) is 8.04. The molecule has 2 aromatic carbocycles. The van der Waals surface area contributed by atoms with Crippen molar-refractivity contribution in [1.82, 2.24) is 20.0 Å². The fraction of sp³-hybridized carbons (Fsp3) is 0.717. The molecule has 340 valence electrons. The van der Waals surface area contributed by atoms with Crippen LogP contribution in [0.15, 0.2) is 48.5 Å². The second-order valence-electron chi connectivity index (χ2n) is 23.3. The Bertz CT molecular complexity index is 1990. The molecule has 14 rings (SSSR count). The highest BCUT2D eigenvalue weighted by Crippen LogP contribution is 2.56. The van der Waals surface area contributed by atoms with Gasteiger partial charge in [0.1, 0.15) is 17.8 Å². The van der Waals surface area contributed by atoms with Gasteiger partial charge in [0.25, 0.3) is 0 Å². The standard InChI is InChI=1S/C29H40N2O4.C24H32N2O2/c1-28(2,3)35-27(33)31-17-21-6-4-5-7-24(21)29(18-31)8-10-30(11-9-29)26(32)34-25-22-13-19-12-20(15-22)16-23(25)14-19;27-23(28-22-19-10-16-9-17(12-19)13-20(22)11-16)26-7-5-24(6-8-26)15-25-14-18-3-1-2-4-21(18)24/h4-7,19-20,22-23,25H,8-18H2,1-3H3;1-4,16-17,19-20,22,25H,5-15H2. The molecular weight excluding hydrogens is 789 g/mol. The van der Waals surface area contributed by atoms with Crippen LogP contribution in [-0.2, 0) is 38.1 Å². The molecule has 10 fully saturated rings. The molecule has 0 radical (unpaired) electrons. The van der Waals surface area contributed by atoms with E-state index in [1.165, 1.54) is 86.5 Å². The number of hydrogen-bond acceptors (Lipinski definition) is 7. The zero-order valence-electron chi connectivity index (χ0n) is 38.2. The van der Waals surface area contributed by atoms with Gasteiger partial charge < -0.3 is 34.2 Å². The Morgan fingerprint density at radius 1 is 0.556 bits per heavy atom. The van der Waals surface area contributed by atoms with Gasteiger partial charge in [-0.25, -0.2) is 14.4 Å². The molecule has 2 spiro atoms. The van der Waals surface area contributed by atoms with Crippen molar-refractivity contribution in [2.24, 2.45) is 47.3 Å². The van der Waals surface area contributed by atoms with E-state index in [1.807, 2.05) is 41.5 Å². The van der Waals surface area contributed by atoms with Crippen molar-refractivity contribution in [3.63, 3.8) is 0 Å². The zero-order chi connectivity index (χ0) is 43.1. The second kappa shape index (κ2) is 16.3. The van der Waals surface area contributed by atoms with Crippen LogP contribution in [0.5, 0.6) is 0 Å². The van der Waals surface area contributed by atoms with Crippen molar-refractivity contribution in [1.29, 1.82) is 0 Å². The average Bonchev–Trinajstić information content (AvgIpc) is 3.26. The maximum absolute atomic E-state index is 13.3. The highest BCUT2D eigenvalue weighted by Gasteiger charge is 2.53. The van der Waals surface area contributed by atoms with Crippen molar-refractivity contribution in [3.05, 3.63) is 70.8 Å². The van der Waals surface area contributed by atoms with Crippen LogP contribution in [0.1, 0.15) is 133 Å². The molecule has 8 aliphatic carbocycles. The summed E-state index contributed by atoms with van der Waals surface area (Å²) < 4.78 is 18.1. The van der Waals surface area contributed by atoms with Crippen molar-refractivity contribution in [3.8, 4) is 0 Å². The molecule has 0 aromatic heterocycles. The maximum Gasteiger partial charge on any atom is 0.410 e. The van der Waals surface area contributed by atoms with Gasteiger partial charge in [0, 0.05) is 63.2 Å². The van der Waals surface area contributed by atoms with E-state index < -0.39 is 5.60 Å². The van der Waals surface area contributed by atoms with E-state index in [0.29, 0.717) is 49.9 Å². The first-order chi connectivity index (χ1) is 30.4. The highest BCUT2D eigenvalue weighted by atomic mass is 16.6. The van der Waals surface area contributed by atoms with Crippen molar-refractivity contribution >= 4 is 18.3 Å². The van der Waals surface area contributed by atoms with Crippen molar-refractivity contribution in [2.45, 2.75) is 152 Å². The number of carbonyl (C=O) groups is 3. The number of rotatable bonds is 2. The lowest BCUT2D eigenvalue weighted by molar-refractivity contribution is -0.104. The molecule has 10 nitrogen and oxygen atoms in total. The molecule has 10 heteroatoms. The lowest BCUT2D eigenvalue weighted by Crippen LogP contribution is -2.56. The minimum absolute atomic E-state index is 0.0376. The third-order valence-electron chi connectivity index (χ3n) is 18.2. The summed E-state index contributed by atoms with van der Waals surface area (Å²) in [6.07, 6.45) is 16.7. The monoisotopic (exact) mass is 861 g/mol. The van der Waals surface area contributed by atoms with Crippen LogP contribution in [0, 0.1) is 47.3 Å². The van der Waals surface area contributed by atoms with E-state index in [2.05, 4.69) is 47.8 Å². The average molecular weight is 861 g/mol. The fourth-order valence-electron chi connectivity index (χ4n) is 15.7. The summed E-state index contributed by atoms with van der Waals surface area (Å²) in [5.74, 6) is 6.05. The Kier molecular flexibility index (Phi) is 10.8. The van der Waals surface area contributed by atoms with Crippen molar-refractivity contribution < 1.29 is 28.6 Å². The first-order valence-electron chi connectivity index (χ1n) is 25.2. The Hall–Kier alpha value is -3.79. The largest absolute Gasteiger partial charge is 0.446 e. The SMILES string of the molecule is CC(C)(C)OC(=O)N1Cc2ccccc2C2(CCN(C(=O)OC3C4CC5CC(C4)CC3C5)CC2)C1.O=C(OC1C2CC3CC(C2)CC1C3)N1CCC2(CC1)CNCc1ccccc12. The first-order valence-corrected chi connectivity index (χ1v) is 25.2. The van der Waals surface area contributed by atoms with Crippen molar-refractivity contribution in [2.75, 3.05) is 39.3 Å². The van der Waals surface area contributed by atoms with Gasteiger partial charge in [-0.3, -0.25) is 0 Å². The number of hydrogen-bond donors (Lipinski definition) is 1. The summed E-state index contributed by atoms with van der Waals surface area (Å²) in [6.45, 7) is 11.9. The number of ether oxygens (including phenoxy) is 3. The Balaban J connectivity index is 0.000000144. The molecule has 0 atom stereocenters. The fourth-order valence-corrected chi connectivity index (χ4v) is 15.7. The molecule has 2 saturated heterocycles. The Morgan fingerprint density at radius 3 is 1.46 bits per heavy atom. The second-order valence-corrected chi connectivity index (χ2v) is 23.3. The normalized spacial score (nSPS) is 35.1. The highest BCUT2D eigenvalue weighted by molar-refractivity contribution is 5.70. The van der Waals surface area contributed by atoms with E-state index in [4.69, 9.17) is 14.2 Å². The van der Waals surface area contributed by atoms with Gasteiger partial charge in [0.05, 0.1) is 0 Å². The number of benzene rings is 2. The predicted octanol–water partition coefficient (Wildman–Crippen LogP) is 9.82. The molecule has 4 heterocycles. The van der Waals surface area contributed by atoms with Gasteiger partial charge >= 0.3 is 18.3 Å². The summed E-state index contributed by atoms with van der Waals surface area (Å²) in [5.41, 5.74) is 4.97. The lowest BCUT2D eigenvalue weighted by atomic mass is 9.55. The van der Waals surface area contributed by atoms with Gasteiger partial charge in [-0.2, -0.15) is 0 Å². The maximum atomic E-state index is 13.3. The molecule has 4 aliphatic heterocycles. The number of fused-ring (bicyclic) bond motifs is 4. The predicted molar refractivity (Wildman–Crippen MR) is 241 cm³/mol. The van der Waals surface area contributed by atoms with Gasteiger partial charge in [-0.05, 0) is 180 Å². The molecule has 0 unspecified atom stereocenters. The molecule has 8 saturated carbocycles. The number of nitrogens with one attached hydrogen (secondary N) is 1. The number of likely N-dealkylation sites (tertiary alicyclic amines) is 2. The number of amides is 3. The van der Waals surface area contributed by atoms with Gasteiger partial charge in [0.15, 0.2) is 0 Å². The van der Waals surface area contributed by atoms with E-state index >= 15 is 0 Å². The number of carbonyl (C=O) groups excluding carboxylic acids is 3. The lowest BCUT2D eigenvalue weighted by Gasteiger charge is -2.54. The van der Waals surface area contributed by atoms with E-state index in [-0.39, 0.29) is 41.3 Å². The van der Waals surface area contributed by atoms with Crippen LogP contribution in [0.3, 0.4) is 0 Å². The number of nitrogens with zero attached hydrogens (tertiary/aromatic N) is 3. The first kappa shape index (κ1) is 41.9. The number of piperidine rings is 2. The molecule has 1 N–H and O–H groups in total.